The maximum absolute atomic E-state index is 6.00. The average molecular weight is 262 g/mol. The van der Waals surface area contributed by atoms with Gasteiger partial charge in [-0.2, -0.15) is 0 Å². The summed E-state index contributed by atoms with van der Waals surface area (Å²) in [6.45, 7) is 2.82. The van der Waals surface area contributed by atoms with Crippen molar-refractivity contribution in [2.75, 3.05) is 11.9 Å². The summed E-state index contributed by atoms with van der Waals surface area (Å²) in [5.74, 6) is 0.670. The van der Waals surface area contributed by atoms with Crippen molar-refractivity contribution in [3.8, 4) is 0 Å². The van der Waals surface area contributed by atoms with Gasteiger partial charge in [0, 0.05) is 19.3 Å². The van der Waals surface area contributed by atoms with Gasteiger partial charge in [0.25, 0.3) is 0 Å². The van der Waals surface area contributed by atoms with Gasteiger partial charge in [0.1, 0.15) is 5.15 Å². The number of rotatable bonds is 4. The Balaban J connectivity index is 2.18. The lowest BCUT2D eigenvalue weighted by atomic mass is 10.2. The molecule has 0 unspecified atom stereocenters. The summed E-state index contributed by atoms with van der Waals surface area (Å²) >= 11 is 6.00. The van der Waals surface area contributed by atoms with E-state index in [0.717, 1.165) is 18.7 Å². The summed E-state index contributed by atoms with van der Waals surface area (Å²) in [4.78, 5) is 10.7. The molecule has 0 amide bonds. The highest BCUT2D eigenvalue weighted by Gasteiger charge is 2.07. The molecule has 2 rings (SSSR count). The minimum Gasteiger partial charge on any atom is -0.340 e. The molecule has 0 spiro atoms. The second kappa shape index (κ2) is 5.83. The molecule has 0 aliphatic carbocycles. The van der Waals surface area contributed by atoms with Gasteiger partial charge in [-0.15, -0.1) is 0 Å². The van der Waals surface area contributed by atoms with E-state index in [1.54, 1.807) is 6.07 Å². The topological polar surface area (TPSA) is 29.0 Å². The minimum atomic E-state index is 0.497. The first kappa shape index (κ1) is 12.8. The van der Waals surface area contributed by atoms with E-state index in [1.807, 2.05) is 30.1 Å². The van der Waals surface area contributed by atoms with Crippen LogP contribution in [-0.2, 0) is 13.0 Å². The number of hydrogen-bond acceptors (Lipinski definition) is 3. The van der Waals surface area contributed by atoms with Gasteiger partial charge in [-0.05, 0) is 18.1 Å². The molecule has 1 aromatic heterocycles. The van der Waals surface area contributed by atoms with E-state index in [-0.39, 0.29) is 0 Å². The smallest absolute Gasteiger partial charge is 0.227 e. The van der Waals surface area contributed by atoms with Crippen LogP contribution in [0.5, 0.6) is 0 Å². The number of anilines is 1. The highest BCUT2D eigenvalue weighted by Crippen LogP contribution is 2.15. The maximum Gasteiger partial charge on any atom is 0.227 e. The van der Waals surface area contributed by atoms with Gasteiger partial charge >= 0.3 is 0 Å². The van der Waals surface area contributed by atoms with Crippen molar-refractivity contribution >= 4 is 17.5 Å². The van der Waals surface area contributed by atoms with E-state index in [2.05, 4.69) is 29.0 Å². The normalized spacial score (nSPS) is 10.4. The van der Waals surface area contributed by atoms with Crippen LogP contribution in [-0.4, -0.2) is 17.0 Å². The Kier molecular flexibility index (Phi) is 4.15. The zero-order chi connectivity index (χ0) is 13.0. The highest BCUT2D eigenvalue weighted by atomic mass is 35.5. The fourth-order valence-electron chi connectivity index (χ4n) is 1.73. The largest absolute Gasteiger partial charge is 0.340 e. The number of halogens is 1. The lowest BCUT2D eigenvalue weighted by molar-refractivity contribution is 0.850. The molecule has 0 bridgehead atoms. The van der Waals surface area contributed by atoms with E-state index >= 15 is 0 Å². The first-order valence-corrected chi connectivity index (χ1v) is 6.35. The molecule has 4 heteroatoms. The van der Waals surface area contributed by atoms with Crippen LogP contribution in [0.25, 0.3) is 0 Å². The van der Waals surface area contributed by atoms with Crippen LogP contribution in [0.1, 0.15) is 18.2 Å². The van der Waals surface area contributed by atoms with Gasteiger partial charge in [-0.25, -0.2) is 9.97 Å². The van der Waals surface area contributed by atoms with Crippen molar-refractivity contribution in [3.05, 3.63) is 52.8 Å². The summed E-state index contributed by atoms with van der Waals surface area (Å²) < 4.78 is 0. The summed E-state index contributed by atoms with van der Waals surface area (Å²) in [7, 11) is 1.97. The highest BCUT2D eigenvalue weighted by molar-refractivity contribution is 6.29. The second-order valence-corrected chi connectivity index (χ2v) is 4.56. The number of aryl methyl sites for hydroxylation is 1. The van der Waals surface area contributed by atoms with E-state index in [1.165, 1.54) is 5.56 Å². The molecule has 0 saturated heterocycles. The Labute approximate surface area is 112 Å². The Bertz CT molecular complexity index is 514. The summed E-state index contributed by atoms with van der Waals surface area (Å²) in [6.07, 6.45) is 0.856. The third kappa shape index (κ3) is 3.20. The number of benzene rings is 1. The Morgan fingerprint density at radius 3 is 2.56 bits per heavy atom. The third-order valence-corrected chi connectivity index (χ3v) is 2.90. The van der Waals surface area contributed by atoms with Crippen LogP contribution in [0.2, 0.25) is 5.15 Å². The minimum absolute atomic E-state index is 0.497. The number of hydrogen-bond donors (Lipinski definition) is 0. The third-order valence-electron chi connectivity index (χ3n) is 2.70. The quantitative estimate of drug-likeness (QED) is 0.791. The average Bonchev–Trinajstić information content (AvgIpc) is 2.39. The molecule has 1 aromatic carbocycles. The second-order valence-electron chi connectivity index (χ2n) is 4.18. The first-order valence-electron chi connectivity index (χ1n) is 5.97. The predicted octanol–water partition coefficient (Wildman–Crippen LogP) is 3.33. The fourth-order valence-corrected chi connectivity index (χ4v) is 1.93. The number of aromatic nitrogens is 2. The van der Waals surface area contributed by atoms with E-state index in [0.29, 0.717) is 11.1 Å². The molecule has 0 aliphatic rings. The fraction of sp³-hybridized carbons (Fsp3) is 0.286. The van der Waals surface area contributed by atoms with Crippen molar-refractivity contribution in [2.45, 2.75) is 19.9 Å². The summed E-state index contributed by atoms with van der Waals surface area (Å²) in [5.41, 5.74) is 2.19. The van der Waals surface area contributed by atoms with Crippen molar-refractivity contribution in [3.63, 3.8) is 0 Å². The molecular formula is C14H16ClN3. The lowest BCUT2D eigenvalue weighted by Gasteiger charge is -2.17. The van der Waals surface area contributed by atoms with Crippen LogP contribution >= 0.6 is 11.6 Å². The number of nitrogens with zero attached hydrogens (tertiary/aromatic N) is 3. The van der Waals surface area contributed by atoms with Gasteiger partial charge in [-0.3, -0.25) is 0 Å². The van der Waals surface area contributed by atoms with Gasteiger partial charge in [0.2, 0.25) is 5.95 Å². The lowest BCUT2D eigenvalue weighted by Crippen LogP contribution is -2.19. The Hall–Kier alpha value is -1.61. The molecule has 94 valence electrons. The maximum atomic E-state index is 6.00. The van der Waals surface area contributed by atoms with Crippen LogP contribution in [0.3, 0.4) is 0 Å². The molecule has 0 radical (unpaired) electrons. The first-order chi connectivity index (χ1) is 8.69. The van der Waals surface area contributed by atoms with Crippen molar-refractivity contribution in [1.82, 2.24) is 9.97 Å². The molecular weight excluding hydrogens is 246 g/mol. The zero-order valence-electron chi connectivity index (χ0n) is 10.6. The monoisotopic (exact) mass is 261 g/mol. The van der Waals surface area contributed by atoms with Crippen molar-refractivity contribution < 1.29 is 0 Å². The SMILES string of the molecule is CCc1cc(Cl)nc(N(C)Cc2ccccc2)n1. The molecule has 1 heterocycles. The molecule has 0 aliphatic heterocycles. The summed E-state index contributed by atoms with van der Waals surface area (Å²) in [6, 6.07) is 12.0. The molecule has 0 saturated carbocycles. The molecule has 3 nitrogen and oxygen atoms in total. The predicted molar refractivity (Wildman–Crippen MR) is 75.0 cm³/mol. The molecule has 0 atom stereocenters. The Morgan fingerprint density at radius 1 is 1.17 bits per heavy atom. The van der Waals surface area contributed by atoms with Crippen LogP contribution in [0.4, 0.5) is 5.95 Å². The van der Waals surface area contributed by atoms with E-state index in [9.17, 15) is 0 Å². The van der Waals surface area contributed by atoms with Gasteiger partial charge < -0.3 is 4.90 Å². The van der Waals surface area contributed by atoms with Crippen molar-refractivity contribution in [1.29, 1.82) is 0 Å². The Morgan fingerprint density at radius 2 is 1.89 bits per heavy atom. The summed E-state index contributed by atoms with van der Waals surface area (Å²) in [5, 5.41) is 0.497. The van der Waals surface area contributed by atoms with E-state index < -0.39 is 0 Å². The molecule has 2 aromatic rings. The standard InChI is InChI=1S/C14H16ClN3/c1-3-12-9-13(15)17-14(16-12)18(2)10-11-7-5-4-6-8-11/h4-9H,3,10H2,1-2H3. The van der Waals surface area contributed by atoms with Crippen molar-refractivity contribution in [2.24, 2.45) is 0 Å². The van der Waals surface area contributed by atoms with E-state index in [4.69, 9.17) is 11.6 Å². The van der Waals surface area contributed by atoms with Gasteiger partial charge in [0.05, 0.1) is 0 Å². The molecule has 18 heavy (non-hydrogen) atoms. The van der Waals surface area contributed by atoms with Gasteiger partial charge in [-0.1, -0.05) is 48.9 Å². The molecule has 0 N–H and O–H groups in total. The van der Waals surface area contributed by atoms with Crippen LogP contribution in [0.15, 0.2) is 36.4 Å². The van der Waals surface area contributed by atoms with Gasteiger partial charge in [0.15, 0.2) is 0 Å². The molecule has 0 fully saturated rings. The van der Waals surface area contributed by atoms with Crippen LogP contribution < -0.4 is 4.90 Å². The van der Waals surface area contributed by atoms with Crippen LogP contribution in [0, 0.1) is 0 Å². The zero-order valence-corrected chi connectivity index (χ0v) is 11.4.